The second-order valence-electron chi connectivity index (χ2n) is 6.51. The van der Waals surface area contributed by atoms with Crippen LogP contribution in [-0.4, -0.2) is 24.8 Å². The minimum absolute atomic E-state index is 0.214. The molecule has 4 nitrogen and oxygen atoms in total. The number of hydrogen-bond donors (Lipinski definition) is 0. The lowest BCUT2D eigenvalue weighted by Crippen LogP contribution is -2.22. The third kappa shape index (κ3) is 8.02. The van der Waals surface area contributed by atoms with Crippen LogP contribution in [0.2, 0.25) is 0 Å². The fourth-order valence-electron chi connectivity index (χ4n) is 1.20. The van der Waals surface area contributed by atoms with Gasteiger partial charge in [0.05, 0.1) is 11.2 Å². The Balaban J connectivity index is 2.41. The quantitative estimate of drug-likeness (QED) is 0.739. The highest BCUT2D eigenvalue weighted by molar-refractivity contribution is 5.32. The molecule has 0 heterocycles. The Morgan fingerprint density at radius 1 is 0.750 bits per heavy atom. The number of rotatable bonds is 6. The standard InChI is InChI=1S/C16H26O4/c1-15(2,3)19-11-17-13-8-7-9-14(10-13)18-12-20-16(4,5)6/h7-10H,11-12H2,1-6H3. The normalized spacial score (nSPS) is 12.3. The van der Waals surface area contributed by atoms with Gasteiger partial charge < -0.3 is 18.9 Å². The van der Waals surface area contributed by atoms with Gasteiger partial charge in [-0.25, -0.2) is 0 Å². The molecule has 1 aromatic rings. The summed E-state index contributed by atoms with van der Waals surface area (Å²) < 4.78 is 22.1. The van der Waals surface area contributed by atoms with E-state index in [-0.39, 0.29) is 24.8 Å². The zero-order valence-corrected chi connectivity index (χ0v) is 13.4. The molecule has 1 rings (SSSR count). The van der Waals surface area contributed by atoms with Crippen molar-refractivity contribution in [1.82, 2.24) is 0 Å². The van der Waals surface area contributed by atoms with Crippen LogP contribution in [0, 0.1) is 0 Å². The largest absolute Gasteiger partial charge is 0.467 e. The third-order valence-electron chi connectivity index (χ3n) is 2.24. The van der Waals surface area contributed by atoms with Gasteiger partial charge in [0.1, 0.15) is 11.5 Å². The van der Waals surface area contributed by atoms with Crippen LogP contribution in [0.5, 0.6) is 11.5 Å². The van der Waals surface area contributed by atoms with Crippen molar-refractivity contribution < 1.29 is 18.9 Å². The van der Waals surface area contributed by atoms with Crippen LogP contribution in [0.3, 0.4) is 0 Å². The Labute approximate surface area is 122 Å². The summed E-state index contributed by atoms with van der Waals surface area (Å²) in [5.74, 6) is 1.42. The van der Waals surface area contributed by atoms with Gasteiger partial charge in [-0.15, -0.1) is 0 Å². The fourth-order valence-corrected chi connectivity index (χ4v) is 1.20. The first kappa shape index (κ1) is 16.8. The molecule has 0 radical (unpaired) electrons. The number of hydrogen-bond acceptors (Lipinski definition) is 4. The van der Waals surface area contributed by atoms with Crippen molar-refractivity contribution in [2.75, 3.05) is 13.6 Å². The maximum absolute atomic E-state index is 5.53. The molecule has 20 heavy (non-hydrogen) atoms. The zero-order valence-electron chi connectivity index (χ0n) is 13.4. The average Bonchev–Trinajstić information content (AvgIpc) is 2.26. The molecule has 0 aromatic heterocycles. The van der Waals surface area contributed by atoms with E-state index in [1.807, 2.05) is 65.8 Å². The maximum atomic E-state index is 5.53. The second kappa shape index (κ2) is 6.95. The van der Waals surface area contributed by atoms with Crippen LogP contribution in [0.15, 0.2) is 24.3 Å². The molecule has 0 fully saturated rings. The third-order valence-corrected chi connectivity index (χ3v) is 2.24. The van der Waals surface area contributed by atoms with Crippen molar-refractivity contribution in [2.45, 2.75) is 52.7 Å². The van der Waals surface area contributed by atoms with Crippen LogP contribution in [0.1, 0.15) is 41.5 Å². The molecule has 0 saturated carbocycles. The summed E-state index contributed by atoms with van der Waals surface area (Å²) in [6.07, 6.45) is 0. The average molecular weight is 282 g/mol. The Kier molecular flexibility index (Phi) is 5.84. The molecule has 0 amide bonds. The molecular weight excluding hydrogens is 256 g/mol. The van der Waals surface area contributed by atoms with E-state index in [0.29, 0.717) is 11.5 Å². The molecule has 0 atom stereocenters. The Morgan fingerprint density at radius 2 is 1.15 bits per heavy atom. The van der Waals surface area contributed by atoms with Crippen LogP contribution < -0.4 is 9.47 Å². The van der Waals surface area contributed by atoms with Crippen molar-refractivity contribution in [3.63, 3.8) is 0 Å². The van der Waals surface area contributed by atoms with E-state index in [2.05, 4.69) is 0 Å². The SMILES string of the molecule is CC(C)(C)OCOc1cccc(OCOC(C)(C)C)c1. The van der Waals surface area contributed by atoms with E-state index in [0.717, 1.165) is 0 Å². The molecule has 1 aromatic carbocycles. The lowest BCUT2D eigenvalue weighted by atomic mass is 10.2. The van der Waals surface area contributed by atoms with Crippen LogP contribution >= 0.6 is 0 Å². The summed E-state index contributed by atoms with van der Waals surface area (Å²) in [5, 5.41) is 0. The van der Waals surface area contributed by atoms with E-state index >= 15 is 0 Å². The van der Waals surface area contributed by atoms with E-state index in [4.69, 9.17) is 18.9 Å². The van der Waals surface area contributed by atoms with Gasteiger partial charge in [0.25, 0.3) is 0 Å². The van der Waals surface area contributed by atoms with Crippen molar-refractivity contribution in [3.05, 3.63) is 24.3 Å². The van der Waals surface area contributed by atoms with Gasteiger partial charge in [0.2, 0.25) is 0 Å². The number of ether oxygens (including phenoxy) is 4. The Hall–Kier alpha value is -1.26. The van der Waals surface area contributed by atoms with Crippen molar-refractivity contribution >= 4 is 0 Å². The molecule has 4 heteroatoms. The molecule has 0 saturated heterocycles. The summed E-state index contributed by atoms with van der Waals surface area (Å²) in [5.41, 5.74) is -0.427. The topological polar surface area (TPSA) is 36.9 Å². The van der Waals surface area contributed by atoms with Gasteiger partial charge in [0.15, 0.2) is 13.6 Å². The lowest BCUT2D eigenvalue weighted by Gasteiger charge is -2.20. The summed E-state index contributed by atoms with van der Waals surface area (Å²) in [7, 11) is 0. The highest BCUT2D eigenvalue weighted by Gasteiger charge is 2.11. The summed E-state index contributed by atoms with van der Waals surface area (Å²) in [6.45, 7) is 12.3. The molecule has 0 aliphatic heterocycles. The van der Waals surface area contributed by atoms with E-state index in [9.17, 15) is 0 Å². The summed E-state index contributed by atoms with van der Waals surface area (Å²) in [4.78, 5) is 0. The van der Waals surface area contributed by atoms with Gasteiger partial charge in [-0.05, 0) is 53.7 Å². The highest BCUT2D eigenvalue weighted by Crippen LogP contribution is 2.20. The van der Waals surface area contributed by atoms with Crippen molar-refractivity contribution in [1.29, 1.82) is 0 Å². The molecule has 0 N–H and O–H groups in total. The van der Waals surface area contributed by atoms with Gasteiger partial charge in [-0.3, -0.25) is 0 Å². The second-order valence-corrected chi connectivity index (χ2v) is 6.51. The predicted octanol–water partition coefficient (Wildman–Crippen LogP) is 3.99. The Bertz CT molecular complexity index is 366. The van der Waals surface area contributed by atoms with Crippen molar-refractivity contribution in [2.24, 2.45) is 0 Å². The summed E-state index contributed by atoms with van der Waals surface area (Å²) in [6, 6.07) is 7.42. The highest BCUT2D eigenvalue weighted by atomic mass is 16.7. The molecule has 0 unspecified atom stereocenters. The van der Waals surface area contributed by atoms with Gasteiger partial charge in [-0.1, -0.05) is 6.07 Å². The van der Waals surface area contributed by atoms with Crippen LogP contribution in [0.4, 0.5) is 0 Å². The van der Waals surface area contributed by atoms with Gasteiger partial charge in [0, 0.05) is 6.07 Å². The molecule has 114 valence electrons. The molecular formula is C16H26O4. The molecule has 0 bridgehead atoms. The van der Waals surface area contributed by atoms with E-state index < -0.39 is 0 Å². The smallest absolute Gasteiger partial charge is 0.189 e. The monoisotopic (exact) mass is 282 g/mol. The van der Waals surface area contributed by atoms with Gasteiger partial charge >= 0.3 is 0 Å². The minimum atomic E-state index is -0.214. The summed E-state index contributed by atoms with van der Waals surface area (Å²) >= 11 is 0. The lowest BCUT2D eigenvalue weighted by molar-refractivity contribution is -0.0778. The molecule has 0 aliphatic rings. The minimum Gasteiger partial charge on any atom is -0.467 e. The van der Waals surface area contributed by atoms with Crippen LogP contribution in [-0.2, 0) is 9.47 Å². The first-order valence-corrected chi connectivity index (χ1v) is 6.79. The first-order valence-electron chi connectivity index (χ1n) is 6.79. The maximum Gasteiger partial charge on any atom is 0.189 e. The van der Waals surface area contributed by atoms with Crippen molar-refractivity contribution in [3.8, 4) is 11.5 Å². The Morgan fingerprint density at radius 3 is 1.50 bits per heavy atom. The zero-order chi connectivity index (χ0) is 15.2. The van der Waals surface area contributed by atoms with Crippen LogP contribution in [0.25, 0.3) is 0 Å². The van der Waals surface area contributed by atoms with E-state index in [1.165, 1.54) is 0 Å². The van der Waals surface area contributed by atoms with E-state index in [1.54, 1.807) is 0 Å². The fraction of sp³-hybridized carbons (Fsp3) is 0.625. The van der Waals surface area contributed by atoms with Gasteiger partial charge in [-0.2, -0.15) is 0 Å². The predicted molar refractivity (Wildman–Crippen MR) is 79.1 cm³/mol. The number of benzene rings is 1. The molecule has 0 spiro atoms. The first-order chi connectivity index (χ1) is 9.16. The molecule has 0 aliphatic carbocycles.